The van der Waals surface area contributed by atoms with Crippen LogP contribution in [0, 0.1) is 0 Å². The monoisotopic (exact) mass is 308 g/mol. The van der Waals surface area contributed by atoms with Crippen molar-refractivity contribution in [1.29, 1.82) is 0 Å². The SMILES string of the molecule is O=c1ccc2cc(S(=O)(=O)N3CCCNCC3)ccc2o1. The minimum atomic E-state index is -3.51. The van der Waals surface area contributed by atoms with Crippen molar-refractivity contribution in [1.82, 2.24) is 9.62 Å². The summed E-state index contributed by atoms with van der Waals surface area (Å²) in [4.78, 5) is 11.4. The summed E-state index contributed by atoms with van der Waals surface area (Å²) in [5, 5.41) is 3.78. The summed E-state index contributed by atoms with van der Waals surface area (Å²) < 4.78 is 31.8. The van der Waals surface area contributed by atoms with Crippen LogP contribution in [0.15, 0.2) is 44.4 Å². The molecule has 1 aromatic carbocycles. The van der Waals surface area contributed by atoms with Crippen LogP contribution in [-0.4, -0.2) is 38.9 Å². The van der Waals surface area contributed by atoms with Gasteiger partial charge in [-0.05, 0) is 37.2 Å². The van der Waals surface area contributed by atoms with Gasteiger partial charge in [-0.1, -0.05) is 0 Å². The van der Waals surface area contributed by atoms with E-state index in [1.807, 2.05) is 0 Å². The lowest BCUT2D eigenvalue weighted by atomic mass is 10.2. The van der Waals surface area contributed by atoms with E-state index >= 15 is 0 Å². The molecule has 21 heavy (non-hydrogen) atoms. The molecule has 7 heteroatoms. The third-order valence-corrected chi connectivity index (χ3v) is 5.42. The first-order chi connectivity index (χ1) is 10.1. The van der Waals surface area contributed by atoms with Gasteiger partial charge in [-0.15, -0.1) is 0 Å². The third kappa shape index (κ3) is 2.85. The van der Waals surface area contributed by atoms with Crippen LogP contribution in [0.1, 0.15) is 6.42 Å². The van der Waals surface area contributed by atoms with Crippen molar-refractivity contribution in [2.75, 3.05) is 26.2 Å². The molecule has 0 bridgehead atoms. The van der Waals surface area contributed by atoms with Gasteiger partial charge in [0.1, 0.15) is 5.58 Å². The summed E-state index contributed by atoms with van der Waals surface area (Å²) in [6, 6.07) is 7.42. The lowest BCUT2D eigenvalue weighted by Gasteiger charge is -2.19. The standard InChI is InChI=1S/C14H16N2O4S/c17-14-5-2-11-10-12(3-4-13(11)20-14)21(18,19)16-8-1-6-15-7-9-16/h2-5,10,15H,1,6-9H2. The van der Waals surface area contributed by atoms with Gasteiger partial charge >= 0.3 is 5.63 Å². The third-order valence-electron chi connectivity index (χ3n) is 3.53. The molecule has 0 aliphatic carbocycles. The Labute approximate surface area is 122 Å². The van der Waals surface area contributed by atoms with Crippen LogP contribution in [0.25, 0.3) is 11.0 Å². The highest BCUT2D eigenvalue weighted by molar-refractivity contribution is 7.89. The van der Waals surface area contributed by atoms with E-state index in [1.165, 1.54) is 22.5 Å². The Morgan fingerprint density at radius 2 is 1.95 bits per heavy atom. The Bertz CT molecular complexity index is 805. The molecule has 3 rings (SSSR count). The molecule has 2 heterocycles. The summed E-state index contributed by atoms with van der Waals surface area (Å²) in [6.07, 6.45) is 0.793. The van der Waals surface area contributed by atoms with Crippen LogP contribution in [0.3, 0.4) is 0 Å². The number of benzene rings is 1. The van der Waals surface area contributed by atoms with Crippen LogP contribution in [-0.2, 0) is 10.0 Å². The Morgan fingerprint density at radius 1 is 1.10 bits per heavy atom. The van der Waals surface area contributed by atoms with Crippen molar-refractivity contribution in [3.8, 4) is 0 Å². The summed E-state index contributed by atoms with van der Waals surface area (Å²) in [5.74, 6) is 0. The van der Waals surface area contributed by atoms with Crippen LogP contribution >= 0.6 is 0 Å². The number of nitrogens with one attached hydrogen (secondary N) is 1. The van der Waals surface area contributed by atoms with Gasteiger partial charge in [0, 0.05) is 31.1 Å². The fraction of sp³-hybridized carbons (Fsp3) is 0.357. The smallest absolute Gasteiger partial charge is 0.336 e. The lowest BCUT2D eigenvalue weighted by molar-refractivity contribution is 0.432. The van der Waals surface area contributed by atoms with E-state index in [1.54, 1.807) is 12.1 Å². The lowest BCUT2D eigenvalue weighted by Crippen LogP contribution is -2.34. The molecule has 1 saturated heterocycles. The molecule has 1 fully saturated rings. The quantitative estimate of drug-likeness (QED) is 0.829. The molecule has 0 amide bonds. The Balaban J connectivity index is 2.01. The van der Waals surface area contributed by atoms with E-state index in [2.05, 4.69) is 5.32 Å². The Hall–Kier alpha value is -1.70. The second-order valence-electron chi connectivity index (χ2n) is 4.96. The zero-order valence-corrected chi connectivity index (χ0v) is 12.2. The van der Waals surface area contributed by atoms with Crippen molar-refractivity contribution < 1.29 is 12.8 Å². The van der Waals surface area contributed by atoms with Gasteiger partial charge in [0.2, 0.25) is 10.0 Å². The summed E-state index contributed by atoms with van der Waals surface area (Å²) in [5.41, 5.74) is -0.0596. The van der Waals surface area contributed by atoms with Crippen LogP contribution in [0.2, 0.25) is 0 Å². The van der Waals surface area contributed by atoms with Crippen molar-refractivity contribution in [2.24, 2.45) is 0 Å². The molecule has 0 unspecified atom stereocenters. The highest BCUT2D eigenvalue weighted by Gasteiger charge is 2.25. The van der Waals surface area contributed by atoms with E-state index in [0.717, 1.165) is 13.0 Å². The molecule has 1 aliphatic rings. The van der Waals surface area contributed by atoms with E-state index < -0.39 is 15.6 Å². The van der Waals surface area contributed by atoms with E-state index in [9.17, 15) is 13.2 Å². The Kier molecular flexibility index (Phi) is 3.79. The number of sulfonamides is 1. The molecule has 1 aromatic heterocycles. The van der Waals surface area contributed by atoms with Crippen LogP contribution in [0.5, 0.6) is 0 Å². The maximum absolute atomic E-state index is 12.7. The van der Waals surface area contributed by atoms with Crippen molar-refractivity contribution in [3.63, 3.8) is 0 Å². The number of nitrogens with zero attached hydrogens (tertiary/aromatic N) is 1. The van der Waals surface area contributed by atoms with Gasteiger partial charge in [0.15, 0.2) is 0 Å². The average Bonchev–Trinajstić information content (AvgIpc) is 2.76. The number of hydrogen-bond acceptors (Lipinski definition) is 5. The Morgan fingerprint density at radius 3 is 2.81 bits per heavy atom. The minimum Gasteiger partial charge on any atom is -0.423 e. The van der Waals surface area contributed by atoms with Crippen LogP contribution in [0.4, 0.5) is 0 Å². The highest BCUT2D eigenvalue weighted by atomic mass is 32.2. The predicted molar refractivity (Wildman–Crippen MR) is 78.7 cm³/mol. The van der Waals surface area contributed by atoms with Gasteiger partial charge in [0.05, 0.1) is 4.90 Å². The predicted octanol–water partition coefficient (Wildman–Crippen LogP) is 0.777. The number of rotatable bonds is 2. The van der Waals surface area contributed by atoms with Crippen molar-refractivity contribution in [2.45, 2.75) is 11.3 Å². The first kappa shape index (κ1) is 14.2. The normalized spacial score (nSPS) is 17.7. The second-order valence-corrected chi connectivity index (χ2v) is 6.90. The molecular weight excluding hydrogens is 292 g/mol. The van der Waals surface area contributed by atoms with E-state index in [0.29, 0.717) is 30.6 Å². The highest BCUT2D eigenvalue weighted by Crippen LogP contribution is 2.21. The van der Waals surface area contributed by atoms with Gasteiger partial charge in [0.25, 0.3) is 0 Å². The van der Waals surface area contributed by atoms with Crippen molar-refractivity contribution in [3.05, 3.63) is 40.8 Å². The number of hydrogen-bond donors (Lipinski definition) is 1. The topological polar surface area (TPSA) is 79.6 Å². The number of fused-ring (bicyclic) bond motifs is 1. The summed E-state index contributed by atoms with van der Waals surface area (Å²) in [6.45, 7) is 2.46. The molecule has 0 radical (unpaired) electrons. The minimum absolute atomic E-state index is 0.228. The van der Waals surface area contributed by atoms with Crippen molar-refractivity contribution >= 4 is 21.0 Å². The molecule has 112 valence electrons. The average molecular weight is 308 g/mol. The first-order valence-electron chi connectivity index (χ1n) is 6.82. The largest absolute Gasteiger partial charge is 0.423 e. The maximum atomic E-state index is 12.7. The zero-order valence-electron chi connectivity index (χ0n) is 11.4. The van der Waals surface area contributed by atoms with Gasteiger partial charge in [-0.25, -0.2) is 13.2 Å². The van der Waals surface area contributed by atoms with E-state index in [4.69, 9.17) is 4.42 Å². The molecular formula is C14H16N2O4S. The molecule has 6 nitrogen and oxygen atoms in total. The second kappa shape index (κ2) is 5.59. The molecule has 2 aromatic rings. The van der Waals surface area contributed by atoms with E-state index in [-0.39, 0.29) is 4.90 Å². The molecule has 0 spiro atoms. The molecule has 1 aliphatic heterocycles. The van der Waals surface area contributed by atoms with Gasteiger partial charge < -0.3 is 9.73 Å². The zero-order chi connectivity index (χ0) is 14.9. The molecule has 0 atom stereocenters. The fourth-order valence-corrected chi connectivity index (χ4v) is 3.94. The fourth-order valence-electron chi connectivity index (χ4n) is 2.42. The van der Waals surface area contributed by atoms with Gasteiger partial charge in [-0.2, -0.15) is 4.31 Å². The maximum Gasteiger partial charge on any atom is 0.336 e. The summed E-state index contributed by atoms with van der Waals surface area (Å²) >= 11 is 0. The van der Waals surface area contributed by atoms with Crippen LogP contribution < -0.4 is 10.9 Å². The molecule has 1 N–H and O–H groups in total. The first-order valence-corrected chi connectivity index (χ1v) is 8.26. The van der Waals surface area contributed by atoms with Gasteiger partial charge in [-0.3, -0.25) is 0 Å². The summed E-state index contributed by atoms with van der Waals surface area (Å²) in [7, 11) is -3.51. The molecule has 0 saturated carbocycles.